The van der Waals surface area contributed by atoms with Crippen molar-refractivity contribution in [3.05, 3.63) is 77.5 Å². The van der Waals surface area contributed by atoms with E-state index in [4.69, 9.17) is 9.47 Å². The SMILES string of the molecule is CCCCCC/C=C/C(=O)c1c(CCCC(=O)OCc2ccc(OC)cc2)[nH]c2ccccc12. The van der Waals surface area contributed by atoms with Gasteiger partial charge < -0.3 is 14.5 Å². The van der Waals surface area contributed by atoms with Gasteiger partial charge in [0, 0.05) is 23.0 Å². The Balaban J connectivity index is 1.55. The van der Waals surface area contributed by atoms with Crippen LogP contribution in [0.2, 0.25) is 0 Å². The first-order valence-corrected chi connectivity index (χ1v) is 12.2. The van der Waals surface area contributed by atoms with Gasteiger partial charge in [0.15, 0.2) is 5.78 Å². The van der Waals surface area contributed by atoms with Gasteiger partial charge in [-0.2, -0.15) is 0 Å². The minimum absolute atomic E-state index is 0.0185. The molecule has 3 rings (SSSR count). The summed E-state index contributed by atoms with van der Waals surface area (Å²) in [4.78, 5) is 28.6. The zero-order valence-electron chi connectivity index (χ0n) is 20.3. The van der Waals surface area contributed by atoms with Crippen LogP contribution in [0.25, 0.3) is 10.9 Å². The van der Waals surface area contributed by atoms with Crippen LogP contribution in [-0.2, 0) is 22.6 Å². The van der Waals surface area contributed by atoms with Crippen molar-refractivity contribution in [3.63, 3.8) is 0 Å². The molecule has 0 amide bonds. The average Bonchev–Trinajstić information content (AvgIpc) is 3.23. The van der Waals surface area contributed by atoms with E-state index in [1.807, 2.05) is 54.6 Å². The van der Waals surface area contributed by atoms with E-state index in [2.05, 4.69) is 11.9 Å². The fraction of sp³-hybridized carbons (Fsp3) is 0.379. The van der Waals surface area contributed by atoms with Crippen molar-refractivity contribution in [1.29, 1.82) is 0 Å². The second-order valence-electron chi connectivity index (χ2n) is 8.50. The summed E-state index contributed by atoms with van der Waals surface area (Å²) in [6.45, 7) is 2.43. The number of methoxy groups -OCH3 is 1. The predicted octanol–water partition coefficient (Wildman–Crippen LogP) is 6.95. The number of allylic oxidation sites excluding steroid dienone is 2. The molecule has 0 unspecified atom stereocenters. The van der Waals surface area contributed by atoms with E-state index in [1.165, 1.54) is 19.3 Å². The number of hydrogen-bond donors (Lipinski definition) is 1. The molecule has 1 aromatic heterocycles. The molecule has 5 nitrogen and oxygen atoms in total. The number of para-hydroxylation sites is 1. The van der Waals surface area contributed by atoms with E-state index in [9.17, 15) is 9.59 Å². The summed E-state index contributed by atoms with van der Waals surface area (Å²) in [6, 6.07) is 15.3. The summed E-state index contributed by atoms with van der Waals surface area (Å²) >= 11 is 0. The Morgan fingerprint density at radius 3 is 2.53 bits per heavy atom. The van der Waals surface area contributed by atoms with E-state index in [-0.39, 0.29) is 18.4 Å². The largest absolute Gasteiger partial charge is 0.497 e. The van der Waals surface area contributed by atoms with Gasteiger partial charge in [0.1, 0.15) is 12.4 Å². The van der Waals surface area contributed by atoms with Crippen molar-refractivity contribution < 1.29 is 19.1 Å². The maximum atomic E-state index is 13.0. The number of nitrogens with one attached hydrogen (secondary N) is 1. The number of ketones is 1. The topological polar surface area (TPSA) is 68.4 Å². The molecule has 34 heavy (non-hydrogen) atoms. The molecule has 0 aliphatic heterocycles. The molecule has 5 heteroatoms. The third kappa shape index (κ3) is 7.34. The Kier molecular flexibility index (Phi) is 9.96. The number of ether oxygens (including phenoxy) is 2. The number of fused-ring (bicyclic) bond motifs is 1. The third-order valence-corrected chi connectivity index (χ3v) is 5.89. The van der Waals surface area contributed by atoms with E-state index >= 15 is 0 Å². The van der Waals surface area contributed by atoms with Crippen molar-refractivity contribution in [2.75, 3.05) is 7.11 Å². The number of carbonyl (C=O) groups excluding carboxylic acids is 2. The van der Waals surface area contributed by atoms with Gasteiger partial charge in [0.05, 0.1) is 12.7 Å². The monoisotopic (exact) mass is 461 g/mol. The Morgan fingerprint density at radius 2 is 1.76 bits per heavy atom. The number of aromatic nitrogens is 1. The van der Waals surface area contributed by atoms with Gasteiger partial charge in [-0.05, 0) is 55.5 Å². The van der Waals surface area contributed by atoms with Crippen LogP contribution >= 0.6 is 0 Å². The number of aryl methyl sites for hydroxylation is 1. The van der Waals surface area contributed by atoms with Crippen LogP contribution in [0.5, 0.6) is 5.75 Å². The number of H-pyrrole nitrogens is 1. The van der Waals surface area contributed by atoms with E-state index < -0.39 is 0 Å². The van der Waals surface area contributed by atoms with Gasteiger partial charge in [0.2, 0.25) is 0 Å². The molecule has 0 atom stereocenters. The smallest absolute Gasteiger partial charge is 0.306 e. The van der Waals surface area contributed by atoms with Gasteiger partial charge in [-0.3, -0.25) is 9.59 Å². The first kappa shape index (κ1) is 25.3. The van der Waals surface area contributed by atoms with Gasteiger partial charge in [-0.25, -0.2) is 0 Å². The first-order chi connectivity index (χ1) is 16.6. The zero-order chi connectivity index (χ0) is 24.2. The van der Waals surface area contributed by atoms with Crippen molar-refractivity contribution in [3.8, 4) is 5.75 Å². The lowest BCUT2D eigenvalue weighted by molar-refractivity contribution is -0.145. The number of benzene rings is 2. The first-order valence-electron chi connectivity index (χ1n) is 12.2. The summed E-state index contributed by atoms with van der Waals surface area (Å²) in [7, 11) is 1.62. The zero-order valence-corrected chi connectivity index (χ0v) is 20.3. The van der Waals surface area contributed by atoms with Crippen molar-refractivity contribution in [1.82, 2.24) is 4.98 Å². The number of rotatable bonds is 14. The molecule has 2 aromatic carbocycles. The fourth-order valence-corrected chi connectivity index (χ4v) is 4.00. The summed E-state index contributed by atoms with van der Waals surface area (Å²) in [5.74, 6) is 0.543. The second-order valence-corrected chi connectivity index (χ2v) is 8.50. The molecule has 1 heterocycles. The molecular weight excluding hydrogens is 426 g/mol. The van der Waals surface area contributed by atoms with Crippen molar-refractivity contribution >= 4 is 22.7 Å². The van der Waals surface area contributed by atoms with Gasteiger partial charge >= 0.3 is 5.97 Å². The lowest BCUT2D eigenvalue weighted by Crippen LogP contribution is -2.06. The number of hydrogen-bond acceptors (Lipinski definition) is 4. The highest BCUT2D eigenvalue weighted by Gasteiger charge is 2.16. The highest BCUT2D eigenvalue weighted by atomic mass is 16.5. The summed E-state index contributed by atoms with van der Waals surface area (Å²) in [6.07, 6.45) is 10.9. The molecule has 0 radical (unpaired) electrons. The predicted molar refractivity (Wildman–Crippen MR) is 136 cm³/mol. The standard InChI is InChI=1S/C29H35NO4/c1-3-4-5-6-7-8-15-27(31)29-24-12-9-10-13-25(24)30-26(29)14-11-16-28(32)34-21-22-17-19-23(33-2)20-18-22/h8-10,12-13,15,17-20,30H,3-7,11,14,16,21H2,1-2H3/b15-8+. The van der Waals surface area contributed by atoms with Crippen molar-refractivity contribution in [2.45, 2.75) is 64.9 Å². The normalized spacial score (nSPS) is 11.2. The van der Waals surface area contributed by atoms with Gasteiger partial charge in [-0.15, -0.1) is 0 Å². The van der Waals surface area contributed by atoms with Crippen LogP contribution in [0.1, 0.15) is 73.5 Å². The van der Waals surface area contributed by atoms with Crippen LogP contribution in [0.4, 0.5) is 0 Å². The second kappa shape index (κ2) is 13.4. The van der Waals surface area contributed by atoms with Crippen LogP contribution in [0.15, 0.2) is 60.7 Å². The summed E-state index contributed by atoms with van der Waals surface area (Å²) < 4.78 is 10.5. The molecule has 0 spiro atoms. The molecule has 0 saturated carbocycles. The van der Waals surface area contributed by atoms with E-state index in [1.54, 1.807) is 13.2 Å². The Morgan fingerprint density at radius 1 is 0.971 bits per heavy atom. The van der Waals surface area contributed by atoms with Gasteiger partial charge in [-0.1, -0.05) is 62.6 Å². The Hall–Kier alpha value is -3.34. The quantitative estimate of drug-likeness (QED) is 0.122. The minimum atomic E-state index is -0.244. The molecule has 0 aliphatic carbocycles. The van der Waals surface area contributed by atoms with Gasteiger partial charge in [0.25, 0.3) is 0 Å². The number of carbonyl (C=O) groups is 2. The van der Waals surface area contributed by atoms with Crippen LogP contribution in [0.3, 0.4) is 0 Å². The summed E-state index contributed by atoms with van der Waals surface area (Å²) in [5, 5.41) is 0.931. The van der Waals surface area contributed by atoms with E-state index in [0.717, 1.165) is 40.8 Å². The highest BCUT2D eigenvalue weighted by molar-refractivity contribution is 6.14. The Bertz CT molecular complexity index is 1100. The van der Waals surface area contributed by atoms with Crippen LogP contribution < -0.4 is 4.74 Å². The average molecular weight is 462 g/mol. The molecule has 3 aromatic rings. The molecule has 0 bridgehead atoms. The number of aromatic amines is 1. The fourth-order valence-electron chi connectivity index (χ4n) is 4.00. The summed E-state index contributed by atoms with van der Waals surface area (Å²) in [5.41, 5.74) is 3.45. The number of unbranched alkanes of at least 4 members (excludes halogenated alkanes) is 4. The highest BCUT2D eigenvalue weighted by Crippen LogP contribution is 2.25. The van der Waals surface area contributed by atoms with Crippen LogP contribution in [0, 0.1) is 0 Å². The molecular formula is C29H35NO4. The third-order valence-electron chi connectivity index (χ3n) is 5.89. The molecule has 0 saturated heterocycles. The number of esters is 1. The van der Waals surface area contributed by atoms with E-state index in [0.29, 0.717) is 24.8 Å². The molecule has 180 valence electrons. The van der Waals surface area contributed by atoms with Crippen molar-refractivity contribution in [2.24, 2.45) is 0 Å². The van der Waals surface area contributed by atoms with Crippen LogP contribution in [-0.4, -0.2) is 23.8 Å². The maximum Gasteiger partial charge on any atom is 0.306 e. The lowest BCUT2D eigenvalue weighted by Gasteiger charge is -2.06. The minimum Gasteiger partial charge on any atom is -0.497 e. The molecule has 0 fully saturated rings. The Labute approximate surface area is 202 Å². The molecule has 1 N–H and O–H groups in total. The maximum absolute atomic E-state index is 13.0. The lowest BCUT2D eigenvalue weighted by atomic mass is 10.0. The molecule has 0 aliphatic rings.